The molecule has 0 saturated heterocycles. The summed E-state index contributed by atoms with van der Waals surface area (Å²) < 4.78 is 35.9. The van der Waals surface area contributed by atoms with Crippen molar-refractivity contribution in [1.82, 2.24) is 10.6 Å². The Morgan fingerprint density at radius 2 is 1.03 bits per heavy atom. The first-order chi connectivity index (χ1) is 30.1. The van der Waals surface area contributed by atoms with Crippen molar-refractivity contribution in [3.8, 4) is 0 Å². The fourth-order valence-electron chi connectivity index (χ4n) is 6.97. The zero-order chi connectivity index (χ0) is 45.8. The molecule has 2 N–H and O–H groups in total. The van der Waals surface area contributed by atoms with Crippen molar-refractivity contribution in [2.45, 2.75) is 226 Å². The molecule has 362 valence electrons. The molecule has 0 radical (unpaired) electrons. The van der Waals surface area contributed by atoms with Gasteiger partial charge in [0.2, 0.25) is 11.8 Å². The molecular formula is C50H93N2O9P. The van der Waals surface area contributed by atoms with E-state index in [1.165, 1.54) is 83.7 Å². The first kappa shape index (κ1) is 59.5. The second-order valence-corrected chi connectivity index (χ2v) is 19.0. The SMILES string of the molecule is CCCCCCCCC=CCCCCCCCC(=O)O[C@H](COC(=O)C(C=CCCCCCCCC)CCCCCC)COP(C)(=O)OCCNC(=O)CCCCC(=O)NCC. The van der Waals surface area contributed by atoms with Gasteiger partial charge in [0.05, 0.1) is 19.1 Å². The van der Waals surface area contributed by atoms with Gasteiger partial charge < -0.3 is 29.2 Å². The van der Waals surface area contributed by atoms with Crippen LogP contribution in [-0.2, 0) is 42.3 Å². The van der Waals surface area contributed by atoms with Gasteiger partial charge in [0.25, 0.3) is 0 Å². The lowest BCUT2D eigenvalue weighted by Crippen LogP contribution is -2.31. The monoisotopic (exact) mass is 897 g/mol. The average Bonchev–Trinajstić information content (AvgIpc) is 3.25. The van der Waals surface area contributed by atoms with Crippen molar-refractivity contribution in [3.05, 3.63) is 24.3 Å². The number of rotatable bonds is 45. The molecular weight excluding hydrogens is 804 g/mol. The first-order valence-electron chi connectivity index (χ1n) is 25.2. The molecule has 0 fully saturated rings. The van der Waals surface area contributed by atoms with Crippen LogP contribution in [0.15, 0.2) is 24.3 Å². The maximum atomic E-state index is 13.4. The van der Waals surface area contributed by atoms with E-state index < -0.39 is 25.6 Å². The molecule has 11 nitrogen and oxygen atoms in total. The minimum absolute atomic E-state index is 0.0261. The fourth-order valence-corrected chi connectivity index (χ4v) is 7.91. The van der Waals surface area contributed by atoms with Crippen LogP contribution in [0, 0.1) is 5.92 Å². The minimum Gasteiger partial charge on any atom is -0.461 e. The Morgan fingerprint density at radius 1 is 0.548 bits per heavy atom. The third kappa shape index (κ3) is 40.3. The molecule has 0 spiro atoms. The highest BCUT2D eigenvalue weighted by molar-refractivity contribution is 7.52. The highest BCUT2D eigenvalue weighted by Gasteiger charge is 2.25. The normalized spacial score (nSPS) is 13.6. The lowest BCUT2D eigenvalue weighted by atomic mass is 9.99. The number of carbonyl (C=O) groups excluding carboxylic acids is 4. The lowest BCUT2D eigenvalue weighted by Gasteiger charge is -2.22. The van der Waals surface area contributed by atoms with Gasteiger partial charge in [-0.05, 0) is 71.1 Å². The average molecular weight is 897 g/mol. The highest BCUT2D eigenvalue weighted by atomic mass is 31.2. The summed E-state index contributed by atoms with van der Waals surface area (Å²) in [5.74, 6) is -1.38. The van der Waals surface area contributed by atoms with Gasteiger partial charge in [0, 0.05) is 39.0 Å². The molecule has 0 aromatic carbocycles. The van der Waals surface area contributed by atoms with Crippen molar-refractivity contribution in [2.24, 2.45) is 5.92 Å². The zero-order valence-electron chi connectivity index (χ0n) is 40.3. The first-order valence-corrected chi connectivity index (χ1v) is 27.1. The molecule has 0 heterocycles. The summed E-state index contributed by atoms with van der Waals surface area (Å²) >= 11 is 0. The molecule has 0 aromatic heterocycles. The number of allylic oxidation sites excluding steroid dienone is 3. The van der Waals surface area contributed by atoms with E-state index in [1.54, 1.807) is 0 Å². The molecule has 0 bridgehead atoms. The maximum Gasteiger partial charge on any atom is 0.327 e. The van der Waals surface area contributed by atoms with E-state index in [-0.39, 0.29) is 57.0 Å². The zero-order valence-corrected chi connectivity index (χ0v) is 41.2. The van der Waals surface area contributed by atoms with Gasteiger partial charge in [0.15, 0.2) is 6.10 Å². The van der Waals surface area contributed by atoms with E-state index in [0.29, 0.717) is 38.6 Å². The lowest BCUT2D eigenvalue weighted by molar-refractivity contribution is -0.162. The Bertz CT molecular complexity index is 1210. The number of hydrogen-bond acceptors (Lipinski definition) is 9. The van der Waals surface area contributed by atoms with Crippen LogP contribution in [0.5, 0.6) is 0 Å². The topological polar surface area (TPSA) is 146 Å². The van der Waals surface area contributed by atoms with E-state index in [1.807, 2.05) is 13.0 Å². The van der Waals surface area contributed by atoms with E-state index in [2.05, 4.69) is 49.6 Å². The largest absolute Gasteiger partial charge is 0.461 e. The van der Waals surface area contributed by atoms with Crippen LogP contribution in [0.1, 0.15) is 220 Å². The standard InChI is InChI=1S/C50H93N2O9P/c1-6-10-13-16-18-20-21-22-23-24-25-26-28-30-33-40-49(55)61-46(44-60-62(5,57)59-42-41-52-48(54)39-35-34-38-47(53)51-9-4)43-58-50(56)45(36-31-15-12-8-3)37-32-29-27-19-17-14-11-7-2/h22-23,32,37,45-46H,6-21,24-31,33-36,38-44H2,1-5H3,(H,51,53)(H,52,54)/t45?,46-,62?/m1/s1. The third-order valence-corrected chi connectivity index (χ3v) is 12.1. The van der Waals surface area contributed by atoms with Gasteiger partial charge in [-0.15, -0.1) is 0 Å². The Labute approximate surface area is 379 Å². The van der Waals surface area contributed by atoms with Crippen molar-refractivity contribution in [1.29, 1.82) is 0 Å². The van der Waals surface area contributed by atoms with E-state index in [9.17, 15) is 23.7 Å². The van der Waals surface area contributed by atoms with Crippen molar-refractivity contribution in [3.63, 3.8) is 0 Å². The smallest absolute Gasteiger partial charge is 0.327 e. The molecule has 0 saturated carbocycles. The van der Waals surface area contributed by atoms with Crippen molar-refractivity contribution < 1.29 is 42.3 Å². The summed E-state index contributed by atoms with van der Waals surface area (Å²) in [5.41, 5.74) is 0. The molecule has 2 amide bonds. The van der Waals surface area contributed by atoms with Gasteiger partial charge in [0.1, 0.15) is 6.61 Å². The number of carbonyl (C=O) groups is 4. The van der Waals surface area contributed by atoms with Gasteiger partial charge in [-0.3, -0.25) is 23.7 Å². The molecule has 12 heteroatoms. The van der Waals surface area contributed by atoms with Crippen LogP contribution in [-0.4, -0.2) is 69.4 Å². The number of hydrogen-bond donors (Lipinski definition) is 2. The number of amides is 2. The molecule has 0 aliphatic rings. The Morgan fingerprint density at radius 3 is 1.60 bits per heavy atom. The molecule has 0 aliphatic heterocycles. The van der Waals surface area contributed by atoms with E-state index in [4.69, 9.17) is 18.5 Å². The second-order valence-electron chi connectivity index (χ2n) is 16.9. The summed E-state index contributed by atoms with van der Waals surface area (Å²) in [6.45, 7) is 10.00. The number of nitrogens with one attached hydrogen (secondary N) is 2. The van der Waals surface area contributed by atoms with Crippen LogP contribution in [0.2, 0.25) is 0 Å². The summed E-state index contributed by atoms with van der Waals surface area (Å²) in [6, 6.07) is 0. The van der Waals surface area contributed by atoms with Gasteiger partial charge in [-0.25, -0.2) is 0 Å². The summed E-state index contributed by atoms with van der Waals surface area (Å²) in [4.78, 5) is 50.3. The quantitative estimate of drug-likeness (QED) is 0.0264. The van der Waals surface area contributed by atoms with Crippen LogP contribution >= 0.6 is 7.60 Å². The highest BCUT2D eigenvalue weighted by Crippen LogP contribution is 2.43. The Balaban J connectivity index is 5.10. The number of esters is 2. The fraction of sp³-hybridized carbons (Fsp3) is 0.840. The van der Waals surface area contributed by atoms with Crippen LogP contribution in [0.3, 0.4) is 0 Å². The number of ether oxygens (including phenoxy) is 2. The molecule has 62 heavy (non-hydrogen) atoms. The summed E-state index contributed by atoms with van der Waals surface area (Å²) in [7, 11) is -3.61. The second kappa shape index (κ2) is 43.7. The Hall–Kier alpha value is -2.49. The maximum absolute atomic E-state index is 13.4. The van der Waals surface area contributed by atoms with Crippen LogP contribution in [0.4, 0.5) is 0 Å². The van der Waals surface area contributed by atoms with Crippen molar-refractivity contribution in [2.75, 3.05) is 39.6 Å². The number of unbranched alkanes of at least 4 members (excludes halogenated alkanes) is 21. The summed E-state index contributed by atoms with van der Waals surface area (Å²) in [5, 5.41) is 5.47. The van der Waals surface area contributed by atoms with E-state index >= 15 is 0 Å². The molecule has 0 rings (SSSR count). The van der Waals surface area contributed by atoms with Gasteiger partial charge in [-0.1, -0.05) is 154 Å². The third-order valence-electron chi connectivity index (χ3n) is 10.8. The molecule has 2 unspecified atom stereocenters. The Kier molecular flexibility index (Phi) is 42.0. The predicted molar refractivity (Wildman–Crippen MR) is 255 cm³/mol. The van der Waals surface area contributed by atoms with Crippen LogP contribution < -0.4 is 10.6 Å². The van der Waals surface area contributed by atoms with Crippen molar-refractivity contribution >= 4 is 31.3 Å². The molecule has 0 aromatic rings. The minimum atomic E-state index is -3.61. The summed E-state index contributed by atoms with van der Waals surface area (Å²) in [6.07, 6.45) is 38.0. The van der Waals surface area contributed by atoms with E-state index in [0.717, 1.165) is 70.6 Å². The molecule has 0 aliphatic carbocycles. The van der Waals surface area contributed by atoms with Crippen LogP contribution in [0.25, 0.3) is 0 Å². The van der Waals surface area contributed by atoms with Gasteiger partial charge >= 0.3 is 19.5 Å². The predicted octanol–water partition coefficient (Wildman–Crippen LogP) is 13.0. The molecule has 3 atom stereocenters. The van der Waals surface area contributed by atoms with Gasteiger partial charge in [-0.2, -0.15) is 0 Å².